The molecule has 4 fully saturated rings. The molecule has 4 saturated carbocycles. The zero-order valence-corrected chi connectivity index (χ0v) is 21.6. The predicted molar refractivity (Wildman–Crippen MR) is 138 cm³/mol. The van der Waals surface area contributed by atoms with E-state index in [4.69, 9.17) is 4.74 Å². The lowest BCUT2D eigenvalue weighted by atomic mass is 9.85. The Labute approximate surface area is 199 Å². The Hall–Kier alpha value is -0.490. The van der Waals surface area contributed by atoms with Gasteiger partial charge in [-0.05, 0) is 96.0 Å². The molecule has 0 bridgehead atoms. The summed E-state index contributed by atoms with van der Waals surface area (Å²) in [6, 6.07) is 0. The highest BCUT2D eigenvalue weighted by molar-refractivity contribution is 7.78. The summed E-state index contributed by atoms with van der Waals surface area (Å²) in [5.74, 6) is -0.0291. The van der Waals surface area contributed by atoms with Crippen molar-refractivity contribution in [3.05, 3.63) is 24.7 Å². The molecular formula is C29H49O2P. The van der Waals surface area contributed by atoms with Gasteiger partial charge in [-0.15, -0.1) is 6.58 Å². The summed E-state index contributed by atoms with van der Waals surface area (Å²) in [5, 5.41) is 13.3. The zero-order valence-electron chi connectivity index (χ0n) is 20.7. The monoisotopic (exact) mass is 460 g/mol. The van der Waals surface area contributed by atoms with Gasteiger partial charge in [0.05, 0.1) is 29.1 Å². The fourth-order valence-electron chi connectivity index (χ4n) is 8.00. The van der Waals surface area contributed by atoms with Crippen LogP contribution >= 0.6 is 7.26 Å². The normalized spacial score (nSPS) is 27.2. The minimum Gasteiger partial charge on any atom is -0.603 e. The highest BCUT2D eigenvalue weighted by Gasteiger charge is 2.56. The first kappa shape index (κ1) is 24.6. The predicted octanol–water partition coefficient (Wildman–Crippen LogP) is 8.11. The van der Waals surface area contributed by atoms with E-state index in [2.05, 4.69) is 12.7 Å². The van der Waals surface area contributed by atoms with E-state index in [1.807, 2.05) is 6.08 Å². The molecule has 182 valence electrons. The third kappa shape index (κ3) is 5.59. The lowest BCUT2D eigenvalue weighted by Gasteiger charge is -2.49. The Kier molecular flexibility index (Phi) is 9.06. The molecule has 4 aliphatic rings. The summed E-state index contributed by atoms with van der Waals surface area (Å²) < 4.78 is 6.19. The molecule has 2 nitrogen and oxygen atoms in total. The lowest BCUT2D eigenvalue weighted by Crippen LogP contribution is -2.38. The van der Waals surface area contributed by atoms with Crippen LogP contribution in [-0.4, -0.2) is 28.7 Å². The number of rotatable bonds is 8. The topological polar surface area (TPSA) is 32.3 Å². The average Bonchev–Trinajstić information content (AvgIpc) is 2.87. The van der Waals surface area contributed by atoms with Crippen molar-refractivity contribution in [3.63, 3.8) is 0 Å². The zero-order chi connectivity index (χ0) is 22.3. The first-order valence-electron chi connectivity index (χ1n) is 14.3. The smallest absolute Gasteiger partial charge is 0.0801 e. The van der Waals surface area contributed by atoms with Crippen LogP contribution in [0.3, 0.4) is 0 Å². The van der Waals surface area contributed by atoms with Crippen molar-refractivity contribution in [3.8, 4) is 0 Å². The van der Waals surface area contributed by atoms with Crippen LogP contribution in [0.5, 0.6) is 0 Å². The molecule has 0 heterocycles. The summed E-state index contributed by atoms with van der Waals surface area (Å²) in [5.41, 5.74) is 2.38. The summed E-state index contributed by atoms with van der Waals surface area (Å²) in [7, 11) is -1.24. The third-order valence-electron chi connectivity index (χ3n) is 9.71. The van der Waals surface area contributed by atoms with Gasteiger partial charge in [0.1, 0.15) is 0 Å². The van der Waals surface area contributed by atoms with Crippen LogP contribution in [0.15, 0.2) is 24.7 Å². The van der Waals surface area contributed by atoms with Gasteiger partial charge in [0.2, 0.25) is 0 Å². The van der Waals surface area contributed by atoms with Crippen molar-refractivity contribution in [2.24, 2.45) is 0 Å². The maximum atomic E-state index is 13.3. The lowest BCUT2D eigenvalue weighted by molar-refractivity contribution is -0.370. The summed E-state index contributed by atoms with van der Waals surface area (Å²) >= 11 is 0. The molecule has 0 unspecified atom stereocenters. The summed E-state index contributed by atoms with van der Waals surface area (Å²) in [6.07, 6.45) is 32.1. The maximum Gasteiger partial charge on any atom is 0.0801 e. The highest BCUT2D eigenvalue weighted by Crippen LogP contribution is 2.77. The molecule has 0 radical (unpaired) electrons. The second kappa shape index (κ2) is 11.8. The van der Waals surface area contributed by atoms with Crippen LogP contribution in [0, 0.1) is 0 Å². The Bertz CT molecular complexity index is 557. The van der Waals surface area contributed by atoms with Crippen molar-refractivity contribution < 1.29 is 9.84 Å². The van der Waals surface area contributed by atoms with E-state index in [9.17, 15) is 5.11 Å². The Morgan fingerprint density at radius 3 is 1.53 bits per heavy atom. The minimum atomic E-state index is -1.24. The standard InChI is InChI=1S/C29H49O2P/c1-2-29(22-13-6-14-23-29)31-28(30)21-24-32(25-15-7-3-8-16-25,26-17-9-4-10-18-26)27-19-11-5-12-20-27/h2,21,25-27H,1,3-20,22-24H2/b28-21+. The molecule has 0 N–H and O–H groups in total. The van der Waals surface area contributed by atoms with E-state index in [0.717, 1.165) is 48.8 Å². The van der Waals surface area contributed by atoms with Gasteiger partial charge in [-0.25, -0.2) is 0 Å². The van der Waals surface area contributed by atoms with Gasteiger partial charge in [-0.1, -0.05) is 44.6 Å². The maximum absolute atomic E-state index is 13.3. The van der Waals surface area contributed by atoms with E-state index in [1.165, 1.54) is 103 Å². The van der Waals surface area contributed by atoms with Crippen LogP contribution in [0.4, 0.5) is 0 Å². The van der Waals surface area contributed by atoms with E-state index >= 15 is 0 Å². The van der Waals surface area contributed by atoms with Gasteiger partial charge in [0.15, 0.2) is 0 Å². The second-order valence-corrected chi connectivity index (χ2v) is 16.1. The molecule has 0 atom stereocenters. The molecule has 3 heteroatoms. The Morgan fingerprint density at radius 1 is 0.719 bits per heavy atom. The van der Waals surface area contributed by atoms with E-state index in [0.29, 0.717) is 0 Å². The number of allylic oxidation sites excluding steroid dienone is 1. The SMILES string of the molecule is C=CC1(O/C([O-])=C/C[P+](C2CCCCC2)(C2CCCCC2)C2CCCCC2)CCCCC1. The number of ether oxygens (including phenoxy) is 1. The number of hydrogen-bond acceptors (Lipinski definition) is 2. The van der Waals surface area contributed by atoms with Crippen molar-refractivity contribution >= 4 is 7.26 Å². The fraction of sp³-hybridized carbons (Fsp3) is 0.862. The van der Waals surface area contributed by atoms with Gasteiger partial charge < -0.3 is 9.84 Å². The number of hydrogen-bond donors (Lipinski definition) is 0. The first-order chi connectivity index (χ1) is 15.7. The molecule has 0 aliphatic heterocycles. The van der Waals surface area contributed by atoms with Gasteiger partial charge >= 0.3 is 0 Å². The summed E-state index contributed by atoms with van der Waals surface area (Å²) in [4.78, 5) is 0. The van der Waals surface area contributed by atoms with E-state index in [-0.39, 0.29) is 5.95 Å². The molecule has 4 rings (SSSR count). The summed E-state index contributed by atoms with van der Waals surface area (Å²) in [6.45, 7) is 4.05. The van der Waals surface area contributed by atoms with Crippen molar-refractivity contribution in [1.82, 2.24) is 0 Å². The molecular weight excluding hydrogens is 411 g/mol. The third-order valence-corrected chi connectivity index (χ3v) is 16.2. The van der Waals surface area contributed by atoms with Crippen LogP contribution < -0.4 is 5.11 Å². The van der Waals surface area contributed by atoms with Crippen LogP contribution in [-0.2, 0) is 4.74 Å². The average molecular weight is 461 g/mol. The first-order valence-corrected chi connectivity index (χ1v) is 16.4. The van der Waals surface area contributed by atoms with Gasteiger partial charge in [-0.3, -0.25) is 0 Å². The van der Waals surface area contributed by atoms with Gasteiger partial charge in [0.25, 0.3) is 0 Å². The van der Waals surface area contributed by atoms with Crippen molar-refractivity contribution in [1.29, 1.82) is 0 Å². The van der Waals surface area contributed by atoms with Gasteiger partial charge in [-0.2, -0.15) is 0 Å². The molecule has 0 saturated heterocycles. The van der Waals surface area contributed by atoms with Crippen LogP contribution in [0.2, 0.25) is 0 Å². The molecule has 0 amide bonds. The molecule has 0 aromatic carbocycles. The molecule has 0 aromatic rings. The largest absolute Gasteiger partial charge is 0.603 e. The van der Waals surface area contributed by atoms with E-state index in [1.54, 1.807) is 0 Å². The minimum absolute atomic E-state index is 0.0291. The van der Waals surface area contributed by atoms with Crippen molar-refractivity contribution in [2.45, 2.75) is 151 Å². The van der Waals surface area contributed by atoms with Crippen LogP contribution in [0.25, 0.3) is 0 Å². The molecule has 0 aromatic heterocycles. The van der Waals surface area contributed by atoms with Gasteiger partial charge in [0, 0.05) is 12.9 Å². The van der Waals surface area contributed by atoms with Crippen LogP contribution in [0.1, 0.15) is 128 Å². The Balaban J connectivity index is 1.60. The van der Waals surface area contributed by atoms with E-state index < -0.39 is 12.9 Å². The molecule has 0 spiro atoms. The fourth-order valence-corrected chi connectivity index (χ4v) is 15.1. The Morgan fingerprint density at radius 2 is 1.12 bits per heavy atom. The quantitative estimate of drug-likeness (QED) is 0.208. The second-order valence-electron chi connectivity index (χ2n) is 11.5. The van der Waals surface area contributed by atoms with Crippen molar-refractivity contribution in [2.75, 3.05) is 6.16 Å². The molecule has 32 heavy (non-hydrogen) atoms. The highest BCUT2D eigenvalue weighted by atomic mass is 31.2. The molecule has 4 aliphatic carbocycles.